The van der Waals surface area contributed by atoms with Gasteiger partial charge in [-0.2, -0.15) is 18.2 Å². The van der Waals surface area contributed by atoms with Crippen LogP contribution in [0.1, 0.15) is 18.4 Å². The molecule has 0 aliphatic carbocycles. The number of anilines is 1. The topological polar surface area (TPSA) is 85.6 Å². The second kappa shape index (κ2) is 8.34. The molecule has 0 radical (unpaired) electrons. The highest BCUT2D eigenvalue weighted by Gasteiger charge is 2.34. The highest BCUT2D eigenvalue weighted by molar-refractivity contribution is 7.22. The predicted molar refractivity (Wildman–Crippen MR) is 110 cm³/mol. The number of para-hydroxylation sites is 1. The minimum Gasteiger partial charge on any atom is -0.487 e. The molecule has 7 nitrogen and oxygen atoms in total. The molecule has 2 heterocycles. The Labute approximate surface area is 182 Å². The maximum atomic E-state index is 13.8. The van der Waals surface area contributed by atoms with Crippen LogP contribution in [0.5, 0.6) is 5.75 Å². The van der Waals surface area contributed by atoms with Crippen molar-refractivity contribution >= 4 is 32.2 Å². The third-order valence-corrected chi connectivity index (χ3v) is 6.22. The zero-order chi connectivity index (χ0) is 23.0. The van der Waals surface area contributed by atoms with Gasteiger partial charge in [0.15, 0.2) is 16.7 Å². The Hall–Kier alpha value is -3.28. The molecule has 168 valence electrons. The predicted octanol–water partition coefficient (Wildman–Crippen LogP) is 4.77. The summed E-state index contributed by atoms with van der Waals surface area (Å²) < 4.78 is 58.6. The first-order valence-electron chi connectivity index (χ1n) is 9.50. The Bertz CT molecular complexity index is 1240. The summed E-state index contributed by atoms with van der Waals surface area (Å²) in [6, 6.07) is 7.03. The van der Waals surface area contributed by atoms with Gasteiger partial charge in [0.05, 0.1) is 15.9 Å². The van der Waals surface area contributed by atoms with E-state index in [0.29, 0.717) is 38.1 Å². The van der Waals surface area contributed by atoms with Gasteiger partial charge in [-0.15, -0.1) is 0 Å². The lowest BCUT2D eigenvalue weighted by atomic mass is 10.1. The van der Waals surface area contributed by atoms with Gasteiger partial charge in [0.2, 0.25) is 0 Å². The lowest BCUT2D eigenvalue weighted by molar-refractivity contribution is -0.383. The summed E-state index contributed by atoms with van der Waals surface area (Å²) in [6.45, 7) is 0.754. The molecule has 3 aromatic rings. The van der Waals surface area contributed by atoms with Gasteiger partial charge < -0.3 is 9.64 Å². The fourth-order valence-electron chi connectivity index (χ4n) is 3.46. The van der Waals surface area contributed by atoms with Crippen LogP contribution in [0.15, 0.2) is 41.2 Å². The summed E-state index contributed by atoms with van der Waals surface area (Å²) in [4.78, 5) is 28.5. The molecular formula is C20H15F4N3O4S. The van der Waals surface area contributed by atoms with E-state index >= 15 is 0 Å². The van der Waals surface area contributed by atoms with Crippen LogP contribution in [0.3, 0.4) is 0 Å². The average Bonchev–Trinajstić information content (AvgIpc) is 2.74. The first-order valence-corrected chi connectivity index (χ1v) is 10.3. The van der Waals surface area contributed by atoms with Gasteiger partial charge in [-0.3, -0.25) is 14.9 Å². The van der Waals surface area contributed by atoms with Crippen molar-refractivity contribution in [3.63, 3.8) is 0 Å². The molecule has 0 saturated carbocycles. The number of aromatic nitrogens is 1. The Morgan fingerprint density at radius 3 is 2.50 bits per heavy atom. The molecule has 12 heteroatoms. The van der Waals surface area contributed by atoms with Crippen LogP contribution in [-0.2, 0) is 6.18 Å². The number of nitrogens with zero attached hydrogens (tertiary/aromatic N) is 3. The van der Waals surface area contributed by atoms with Crippen molar-refractivity contribution in [1.29, 1.82) is 0 Å². The van der Waals surface area contributed by atoms with E-state index in [0.717, 1.165) is 11.3 Å². The zero-order valence-electron chi connectivity index (χ0n) is 16.3. The number of non-ortho nitro benzene ring substituents is 1. The molecule has 1 saturated heterocycles. The molecule has 0 amide bonds. The third-order valence-electron chi connectivity index (χ3n) is 5.06. The van der Waals surface area contributed by atoms with Crippen molar-refractivity contribution in [2.24, 2.45) is 0 Å². The van der Waals surface area contributed by atoms with Gasteiger partial charge in [-0.05, 0) is 18.2 Å². The summed E-state index contributed by atoms with van der Waals surface area (Å²) >= 11 is 0.794. The number of alkyl halides is 3. The van der Waals surface area contributed by atoms with Crippen molar-refractivity contribution < 1.29 is 27.2 Å². The van der Waals surface area contributed by atoms with Crippen LogP contribution >= 0.6 is 11.3 Å². The first-order chi connectivity index (χ1) is 15.1. The van der Waals surface area contributed by atoms with E-state index in [1.54, 1.807) is 17.0 Å². The van der Waals surface area contributed by atoms with Gasteiger partial charge >= 0.3 is 6.18 Å². The summed E-state index contributed by atoms with van der Waals surface area (Å²) in [5.74, 6) is -0.342. The van der Waals surface area contributed by atoms with E-state index in [1.165, 1.54) is 12.1 Å². The standard InChI is InChI=1S/C20H15F4N3O4S/c21-14-3-1-2-4-16(14)31-12-5-7-26(8-6-12)19-25-18(28)13-9-11(20(22,23)24)10-15(27(29)30)17(13)32-19/h1-4,9-10,12H,5-8H2. The molecule has 0 spiro atoms. The fourth-order valence-corrected chi connectivity index (χ4v) is 4.58. The molecule has 1 fully saturated rings. The number of ether oxygens (including phenoxy) is 1. The summed E-state index contributed by atoms with van der Waals surface area (Å²) in [7, 11) is 0. The van der Waals surface area contributed by atoms with Crippen LogP contribution < -0.4 is 15.2 Å². The summed E-state index contributed by atoms with van der Waals surface area (Å²) in [5.41, 5.74) is -3.03. The second-order valence-electron chi connectivity index (χ2n) is 7.16. The van der Waals surface area contributed by atoms with Crippen LogP contribution in [0.25, 0.3) is 10.1 Å². The molecule has 1 aliphatic heterocycles. The number of piperidine rings is 1. The molecule has 0 bridgehead atoms. The van der Waals surface area contributed by atoms with Crippen molar-refractivity contribution in [2.75, 3.05) is 18.0 Å². The monoisotopic (exact) mass is 469 g/mol. The molecule has 0 atom stereocenters. The summed E-state index contributed by atoms with van der Waals surface area (Å²) in [5, 5.41) is 11.1. The van der Waals surface area contributed by atoms with Crippen molar-refractivity contribution in [1.82, 2.24) is 4.98 Å². The highest BCUT2D eigenvalue weighted by Crippen LogP contribution is 2.38. The zero-order valence-corrected chi connectivity index (χ0v) is 17.1. The third kappa shape index (κ3) is 4.35. The van der Waals surface area contributed by atoms with E-state index in [2.05, 4.69) is 4.98 Å². The van der Waals surface area contributed by atoms with Crippen LogP contribution in [0, 0.1) is 15.9 Å². The quantitative estimate of drug-likeness (QED) is 0.311. The van der Waals surface area contributed by atoms with Gasteiger partial charge in [-0.25, -0.2) is 4.39 Å². The Kier molecular flexibility index (Phi) is 5.71. The minimum atomic E-state index is -4.84. The largest absolute Gasteiger partial charge is 0.487 e. The van der Waals surface area contributed by atoms with E-state index in [4.69, 9.17) is 4.74 Å². The molecule has 0 N–H and O–H groups in total. The lowest BCUT2D eigenvalue weighted by Gasteiger charge is -2.32. The molecule has 1 aromatic heterocycles. The Morgan fingerprint density at radius 2 is 1.88 bits per heavy atom. The van der Waals surface area contributed by atoms with Crippen molar-refractivity contribution in [3.05, 3.63) is 68.2 Å². The van der Waals surface area contributed by atoms with E-state index in [-0.39, 0.29) is 21.7 Å². The van der Waals surface area contributed by atoms with Crippen LogP contribution in [-0.4, -0.2) is 29.1 Å². The number of nitro groups is 1. The molecule has 4 rings (SSSR count). The Morgan fingerprint density at radius 1 is 1.19 bits per heavy atom. The maximum Gasteiger partial charge on any atom is 0.416 e. The maximum absolute atomic E-state index is 13.8. The van der Waals surface area contributed by atoms with E-state index in [1.807, 2.05) is 0 Å². The van der Waals surface area contributed by atoms with E-state index < -0.39 is 39.1 Å². The van der Waals surface area contributed by atoms with Crippen molar-refractivity contribution in [2.45, 2.75) is 25.1 Å². The number of hydrogen-bond donors (Lipinski definition) is 0. The normalized spacial score (nSPS) is 15.2. The molecule has 2 aromatic carbocycles. The molecular weight excluding hydrogens is 454 g/mol. The lowest BCUT2D eigenvalue weighted by Crippen LogP contribution is -2.39. The number of rotatable bonds is 4. The number of nitro benzene ring substituents is 1. The fraction of sp³-hybridized carbons (Fsp3) is 0.300. The van der Waals surface area contributed by atoms with Crippen LogP contribution in [0.2, 0.25) is 0 Å². The SMILES string of the molecule is O=c1nc(N2CCC(Oc3ccccc3F)CC2)sc2c([N+](=O)[O-])cc(C(F)(F)F)cc12. The number of halogens is 4. The van der Waals surface area contributed by atoms with Crippen molar-refractivity contribution in [3.8, 4) is 5.75 Å². The highest BCUT2D eigenvalue weighted by atomic mass is 32.1. The molecule has 1 aliphatic rings. The van der Waals surface area contributed by atoms with Gasteiger partial charge in [0.25, 0.3) is 11.2 Å². The molecule has 32 heavy (non-hydrogen) atoms. The average molecular weight is 469 g/mol. The number of fused-ring (bicyclic) bond motifs is 1. The minimum absolute atomic E-state index is 0.135. The first kappa shape index (κ1) is 21.9. The number of hydrogen-bond acceptors (Lipinski definition) is 7. The summed E-state index contributed by atoms with van der Waals surface area (Å²) in [6.07, 6.45) is -4.16. The van der Waals surface area contributed by atoms with Gasteiger partial charge in [0, 0.05) is 32.0 Å². The second-order valence-corrected chi connectivity index (χ2v) is 8.14. The van der Waals surface area contributed by atoms with Gasteiger partial charge in [0.1, 0.15) is 10.8 Å². The van der Waals surface area contributed by atoms with Gasteiger partial charge in [-0.1, -0.05) is 23.5 Å². The molecule has 0 unspecified atom stereocenters. The van der Waals surface area contributed by atoms with Crippen LogP contribution in [0.4, 0.5) is 28.4 Å². The van der Waals surface area contributed by atoms with E-state index in [9.17, 15) is 32.5 Å². The smallest absolute Gasteiger partial charge is 0.416 e. The Balaban J connectivity index is 1.60. The number of benzene rings is 2.